The Morgan fingerprint density at radius 2 is 2.00 bits per heavy atom. The Labute approximate surface area is 129 Å². The molecule has 114 valence electrons. The summed E-state index contributed by atoms with van der Waals surface area (Å²) in [6, 6.07) is 3.89. The highest BCUT2D eigenvalue weighted by Crippen LogP contribution is 2.25. The van der Waals surface area contributed by atoms with E-state index in [0.29, 0.717) is 13.1 Å². The van der Waals surface area contributed by atoms with E-state index in [1.54, 1.807) is 18.7 Å². The first-order valence-corrected chi connectivity index (χ1v) is 7.29. The molecule has 0 saturated heterocycles. The van der Waals surface area contributed by atoms with Crippen LogP contribution in [0.15, 0.2) is 30.9 Å². The highest BCUT2D eigenvalue weighted by molar-refractivity contribution is 5.77. The van der Waals surface area contributed by atoms with Crippen molar-refractivity contribution < 1.29 is 9.53 Å². The maximum atomic E-state index is 12.0. The second-order valence-electron chi connectivity index (χ2n) is 5.20. The van der Waals surface area contributed by atoms with Crippen molar-refractivity contribution in [3.05, 3.63) is 42.1 Å². The Kier molecular flexibility index (Phi) is 4.39. The molecule has 0 saturated carbocycles. The van der Waals surface area contributed by atoms with Gasteiger partial charge in [0.1, 0.15) is 12.9 Å². The van der Waals surface area contributed by atoms with Crippen LogP contribution in [0, 0.1) is 0 Å². The Morgan fingerprint density at radius 1 is 1.23 bits per heavy atom. The molecule has 0 aromatic carbocycles. The molecule has 2 aromatic rings. The van der Waals surface area contributed by atoms with E-state index in [0.717, 1.165) is 35.4 Å². The summed E-state index contributed by atoms with van der Waals surface area (Å²) in [5, 5.41) is 0. The van der Waals surface area contributed by atoms with Gasteiger partial charge < -0.3 is 9.64 Å². The Bertz CT molecular complexity index is 660. The summed E-state index contributed by atoms with van der Waals surface area (Å²) < 4.78 is 4.94. The third-order valence-corrected chi connectivity index (χ3v) is 3.86. The molecule has 2 aromatic heterocycles. The molecule has 0 aliphatic carbocycles. The van der Waals surface area contributed by atoms with E-state index in [9.17, 15) is 4.79 Å². The van der Waals surface area contributed by atoms with Crippen LogP contribution in [-0.4, -0.2) is 52.6 Å². The fourth-order valence-electron chi connectivity index (χ4n) is 2.75. The lowest BCUT2D eigenvalue weighted by atomic mass is 10.0. The van der Waals surface area contributed by atoms with E-state index in [1.807, 2.05) is 17.0 Å². The van der Waals surface area contributed by atoms with Gasteiger partial charge in [0.25, 0.3) is 0 Å². The molecule has 0 bridgehead atoms. The number of ether oxygens (including phenoxy) is 1. The van der Waals surface area contributed by atoms with Crippen molar-refractivity contribution >= 4 is 5.91 Å². The number of rotatable bonds is 3. The third kappa shape index (κ3) is 2.96. The molecule has 0 N–H and O–H groups in total. The number of aromatic nitrogens is 3. The van der Waals surface area contributed by atoms with Crippen LogP contribution in [0.5, 0.6) is 0 Å². The van der Waals surface area contributed by atoms with E-state index >= 15 is 0 Å². The number of pyridine rings is 1. The predicted octanol–water partition coefficient (Wildman–Crippen LogP) is 1.11. The van der Waals surface area contributed by atoms with Gasteiger partial charge >= 0.3 is 0 Å². The van der Waals surface area contributed by atoms with Crippen molar-refractivity contribution in [3.63, 3.8) is 0 Å². The van der Waals surface area contributed by atoms with Gasteiger partial charge in [0.05, 0.1) is 5.69 Å². The van der Waals surface area contributed by atoms with E-state index in [1.165, 1.54) is 7.11 Å². The lowest BCUT2D eigenvalue weighted by Crippen LogP contribution is -2.35. The molecular weight excluding hydrogens is 280 g/mol. The van der Waals surface area contributed by atoms with Crippen LogP contribution in [0.1, 0.15) is 11.3 Å². The van der Waals surface area contributed by atoms with Crippen molar-refractivity contribution in [2.75, 3.05) is 26.8 Å². The molecule has 0 spiro atoms. The third-order valence-electron chi connectivity index (χ3n) is 3.86. The molecule has 6 heteroatoms. The molecule has 0 unspecified atom stereocenters. The van der Waals surface area contributed by atoms with Crippen LogP contribution in [0.2, 0.25) is 0 Å². The molecule has 3 rings (SSSR count). The van der Waals surface area contributed by atoms with Crippen molar-refractivity contribution in [2.45, 2.75) is 12.8 Å². The molecule has 1 aliphatic heterocycles. The highest BCUT2D eigenvalue weighted by Gasteiger charge is 2.21. The van der Waals surface area contributed by atoms with Gasteiger partial charge in [-0.2, -0.15) is 0 Å². The zero-order chi connectivity index (χ0) is 15.4. The van der Waals surface area contributed by atoms with E-state index in [2.05, 4.69) is 15.0 Å². The zero-order valence-electron chi connectivity index (χ0n) is 12.5. The first kappa shape index (κ1) is 14.6. The summed E-state index contributed by atoms with van der Waals surface area (Å²) in [5.41, 5.74) is 4.12. The van der Waals surface area contributed by atoms with Crippen molar-refractivity contribution in [1.82, 2.24) is 19.9 Å². The molecule has 22 heavy (non-hydrogen) atoms. The van der Waals surface area contributed by atoms with E-state index in [-0.39, 0.29) is 12.5 Å². The maximum absolute atomic E-state index is 12.0. The second-order valence-corrected chi connectivity index (χ2v) is 5.20. The minimum atomic E-state index is 0.0220. The number of fused-ring (bicyclic) bond motifs is 1. The van der Waals surface area contributed by atoms with Crippen molar-refractivity contribution in [1.29, 1.82) is 0 Å². The number of methoxy groups -OCH3 is 1. The van der Waals surface area contributed by atoms with Crippen LogP contribution in [0.3, 0.4) is 0 Å². The summed E-state index contributed by atoms with van der Waals surface area (Å²) in [6.07, 6.45) is 6.61. The molecule has 3 heterocycles. The van der Waals surface area contributed by atoms with Gasteiger partial charge in [-0.05, 0) is 18.6 Å². The quantitative estimate of drug-likeness (QED) is 0.849. The summed E-state index contributed by atoms with van der Waals surface area (Å²) >= 11 is 0. The van der Waals surface area contributed by atoms with Crippen LogP contribution in [-0.2, 0) is 22.4 Å². The monoisotopic (exact) mass is 298 g/mol. The molecule has 0 radical (unpaired) electrons. The number of hydrogen-bond acceptors (Lipinski definition) is 5. The molecule has 1 amide bonds. The van der Waals surface area contributed by atoms with E-state index < -0.39 is 0 Å². The molecule has 0 atom stereocenters. The lowest BCUT2D eigenvalue weighted by Gasteiger charge is -2.19. The fraction of sp³-hybridized carbons (Fsp3) is 0.375. The topological polar surface area (TPSA) is 68.2 Å². The average Bonchev–Trinajstić information content (AvgIpc) is 2.78. The fourth-order valence-corrected chi connectivity index (χ4v) is 2.75. The molecular formula is C16H18N4O2. The number of carbonyl (C=O) groups excluding carboxylic acids is 1. The van der Waals surface area contributed by atoms with Crippen LogP contribution in [0.25, 0.3) is 11.3 Å². The maximum Gasteiger partial charge on any atom is 0.248 e. The first-order valence-electron chi connectivity index (χ1n) is 7.29. The standard InChI is InChI=1S/C16H18N4O2/c1-22-10-15(21)20-8-4-13-14(5-9-20)18-11-19-16(13)12-2-6-17-7-3-12/h2-3,6-7,11H,4-5,8-10H2,1H3. The van der Waals surface area contributed by atoms with E-state index in [4.69, 9.17) is 4.74 Å². The average molecular weight is 298 g/mol. The summed E-state index contributed by atoms with van der Waals surface area (Å²) in [4.78, 5) is 26.7. The minimum absolute atomic E-state index is 0.0220. The summed E-state index contributed by atoms with van der Waals surface area (Å²) in [6.45, 7) is 1.46. The number of amides is 1. The van der Waals surface area contributed by atoms with Gasteiger partial charge in [-0.3, -0.25) is 9.78 Å². The molecule has 0 fully saturated rings. The largest absolute Gasteiger partial charge is 0.375 e. The zero-order valence-corrected chi connectivity index (χ0v) is 12.5. The Morgan fingerprint density at radius 3 is 2.77 bits per heavy atom. The summed E-state index contributed by atoms with van der Waals surface area (Å²) in [7, 11) is 1.54. The van der Waals surface area contributed by atoms with Crippen LogP contribution >= 0.6 is 0 Å². The number of hydrogen-bond donors (Lipinski definition) is 0. The Balaban J connectivity index is 1.88. The lowest BCUT2D eigenvalue weighted by molar-refractivity contribution is -0.135. The molecule has 1 aliphatic rings. The second kappa shape index (κ2) is 6.62. The predicted molar refractivity (Wildman–Crippen MR) is 81.1 cm³/mol. The number of carbonyl (C=O) groups is 1. The van der Waals surface area contributed by atoms with Gasteiger partial charge in [-0.15, -0.1) is 0 Å². The minimum Gasteiger partial charge on any atom is -0.375 e. The van der Waals surface area contributed by atoms with Gasteiger partial charge in [0, 0.05) is 55.8 Å². The van der Waals surface area contributed by atoms with Gasteiger partial charge in [-0.1, -0.05) is 0 Å². The Hall–Kier alpha value is -2.34. The SMILES string of the molecule is COCC(=O)N1CCc2ncnc(-c3ccncc3)c2CC1. The normalized spacial score (nSPS) is 14.3. The summed E-state index contributed by atoms with van der Waals surface area (Å²) in [5.74, 6) is 0.0220. The van der Waals surface area contributed by atoms with Gasteiger partial charge in [-0.25, -0.2) is 9.97 Å². The van der Waals surface area contributed by atoms with Crippen LogP contribution in [0.4, 0.5) is 0 Å². The van der Waals surface area contributed by atoms with Crippen LogP contribution < -0.4 is 0 Å². The van der Waals surface area contributed by atoms with Crippen molar-refractivity contribution in [3.8, 4) is 11.3 Å². The highest BCUT2D eigenvalue weighted by atomic mass is 16.5. The first-order chi connectivity index (χ1) is 10.8. The van der Waals surface area contributed by atoms with Gasteiger partial charge in [0.2, 0.25) is 5.91 Å². The van der Waals surface area contributed by atoms with Gasteiger partial charge in [0.15, 0.2) is 0 Å². The molecule has 6 nitrogen and oxygen atoms in total. The smallest absolute Gasteiger partial charge is 0.248 e. The van der Waals surface area contributed by atoms with Crippen molar-refractivity contribution in [2.24, 2.45) is 0 Å². The number of nitrogens with zero attached hydrogens (tertiary/aromatic N) is 4.